The van der Waals surface area contributed by atoms with Crippen LogP contribution in [0.1, 0.15) is 5.56 Å². The summed E-state index contributed by atoms with van der Waals surface area (Å²) in [5, 5.41) is 15.5. The van der Waals surface area contributed by atoms with Crippen LogP contribution in [-0.2, 0) is 4.79 Å². The van der Waals surface area contributed by atoms with Crippen LogP contribution in [-0.4, -0.2) is 17.9 Å². The molecule has 29 heavy (non-hydrogen) atoms. The van der Waals surface area contributed by atoms with E-state index in [0.29, 0.717) is 22.6 Å². The van der Waals surface area contributed by atoms with Gasteiger partial charge in [-0.2, -0.15) is 0 Å². The Kier molecular flexibility index (Phi) is 4.70. The third kappa shape index (κ3) is 3.66. The lowest BCUT2D eigenvalue weighted by Crippen LogP contribution is -2.08. The topological polar surface area (TPSA) is 94.6 Å². The molecule has 0 saturated carbocycles. The number of nitrogens with one attached hydrogen (secondary N) is 1. The van der Waals surface area contributed by atoms with E-state index >= 15 is 0 Å². The third-order valence-corrected chi connectivity index (χ3v) is 4.46. The Balaban J connectivity index is 1.61. The highest BCUT2D eigenvalue weighted by Crippen LogP contribution is 2.36. The minimum absolute atomic E-state index is 0.0374. The lowest BCUT2D eigenvalue weighted by atomic mass is 10.1. The van der Waals surface area contributed by atoms with Crippen molar-refractivity contribution < 1.29 is 18.9 Å². The molecule has 1 amide bonds. The van der Waals surface area contributed by atoms with Gasteiger partial charge in [0, 0.05) is 35.0 Å². The summed E-state index contributed by atoms with van der Waals surface area (Å²) in [7, 11) is 1.53. The number of nitro benzene ring substituents is 1. The maximum absolute atomic E-state index is 12.4. The average molecular weight is 388 g/mol. The molecule has 1 aromatic heterocycles. The molecule has 3 aromatic carbocycles. The Labute approximate surface area is 165 Å². The van der Waals surface area contributed by atoms with Crippen molar-refractivity contribution in [1.29, 1.82) is 0 Å². The number of carbonyl (C=O) groups excluding carboxylic acids is 1. The van der Waals surface area contributed by atoms with Gasteiger partial charge in [0.2, 0.25) is 5.91 Å². The second-order valence-corrected chi connectivity index (χ2v) is 6.32. The number of anilines is 1. The molecule has 1 heterocycles. The van der Waals surface area contributed by atoms with Gasteiger partial charge in [0.15, 0.2) is 0 Å². The van der Waals surface area contributed by atoms with E-state index in [4.69, 9.17) is 9.15 Å². The Morgan fingerprint density at radius 2 is 1.90 bits per heavy atom. The average Bonchev–Trinajstić information content (AvgIpc) is 3.09. The van der Waals surface area contributed by atoms with E-state index in [1.54, 1.807) is 18.2 Å². The van der Waals surface area contributed by atoms with Crippen LogP contribution >= 0.6 is 0 Å². The minimum atomic E-state index is -0.481. The monoisotopic (exact) mass is 388 g/mol. The van der Waals surface area contributed by atoms with Crippen molar-refractivity contribution in [2.75, 3.05) is 12.4 Å². The molecular formula is C22H16N2O5. The van der Waals surface area contributed by atoms with E-state index < -0.39 is 10.8 Å². The smallest absolute Gasteiger partial charge is 0.270 e. The lowest BCUT2D eigenvalue weighted by molar-refractivity contribution is -0.384. The van der Waals surface area contributed by atoms with E-state index in [2.05, 4.69) is 5.32 Å². The van der Waals surface area contributed by atoms with Crippen molar-refractivity contribution in [3.05, 3.63) is 82.4 Å². The van der Waals surface area contributed by atoms with Crippen LogP contribution < -0.4 is 10.1 Å². The number of non-ortho nitro benzene ring substituents is 1. The second kappa shape index (κ2) is 7.47. The molecule has 1 N–H and O–H groups in total. The normalized spacial score (nSPS) is 11.2. The number of nitrogens with zero attached hydrogens (tertiary/aromatic N) is 1. The standard InChI is InChI=1S/C22H16N2O5/c1-28-21-12-17-16-7-2-3-8-19(16)29-20(17)13-18(21)23-22(25)10-9-14-5-4-6-15(11-14)24(26)27/h2-13H,1H3,(H,23,25)/b10-9-. The van der Waals surface area contributed by atoms with Gasteiger partial charge in [-0.15, -0.1) is 0 Å². The minimum Gasteiger partial charge on any atom is -0.495 e. The quantitative estimate of drug-likeness (QED) is 0.290. The summed E-state index contributed by atoms with van der Waals surface area (Å²) in [6.45, 7) is 0. The number of fused-ring (bicyclic) bond motifs is 3. The highest BCUT2D eigenvalue weighted by Gasteiger charge is 2.13. The van der Waals surface area contributed by atoms with E-state index in [0.717, 1.165) is 16.4 Å². The maximum atomic E-state index is 12.4. The summed E-state index contributed by atoms with van der Waals surface area (Å²) in [4.78, 5) is 22.7. The maximum Gasteiger partial charge on any atom is 0.270 e. The molecule has 0 bridgehead atoms. The number of nitro groups is 1. The van der Waals surface area contributed by atoms with E-state index in [1.165, 1.54) is 31.4 Å². The fraction of sp³-hybridized carbons (Fsp3) is 0.0455. The molecule has 144 valence electrons. The Bertz CT molecular complexity index is 1270. The summed E-state index contributed by atoms with van der Waals surface area (Å²) in [5.74, 6) is 0.103. The number of rotatable bonds is 5. The van der Waals surface area contributed by atoms with Gasteiger partial charge in [0.25, 0.3) is 5.69 Å². The van der Waals surface area contributed by atoms with Gasteiger partial charge in [0.1, 0.15) is 16.9 Å². The largest absolute Gasteiger partial charge is 0.495 e. The molecule has 0 spiro atoms. The summed E-state index contributed by atoms with van der Waals surface area (Å²) in [6.07, 6.45) is 2.82. The van der Waals surface area contributed by atoms with Gasteiger partial charge < -0.3 is 14.5 Å². The first-order valence-corrected chi connectivity index (χ1v) is 8.78. The highest BCUT2D eigenvalue weighted by atomic mass is 16.6. The number of benzene rings is 3. The molecule has 7 nitrogen and oxygen atoms in total. The number of hydrogen-bond acceptors (Lipinski definition) is 5. The first kappa shape index (κ1) is 18.2. The molecule has 0 atom stereocenters. The van der Waals surface area contributed by atoms with E-state index in [9.17, 15) is 14.9 Å². The molecular weight excluding hydrogens is 372 g/mol. The van der Waals surface area contributed by atoms with Gasteiger partial charge in [-0.05, 0) is 23.8 Å². The molecule has 0 fully saturated rings. The van der Waals surface area contributed by atoms with Gasteiger partial charge in [0.05, 0.1) is 17.7 Å². The van der Waals surface area contributed by atoms with Crippen molar-refractivity contribution in [3.8, 4) is 5.75 Å². The summed E-state index contributed by atoms with van der Waals surface area (Å²) >= 11 is 0. The summed E-state index contributed by atoms with van der Waals surface area (Å²) in [6, 6.07) is 17.2. The highest BCUT2D eigenvalue weighted by molar-refractivity contribution is 6.09. The Morgan fingerprint density at radius 3 is 2.69 bits per heavy atom. The number of amides is 1. The van der Waals surface area contributed by atoms with Crippen molar-refractivity contribution >= 4 is 45.3 Å². The number of ether oxygens (including phenoxy) is 1. The molecule has 7 heteroatoms. The second-order valence-electron chi connectivity index (χ2n) is 6.32. The number of methoxy groups -OCH3 is 1. The molecule has 0 aliphatic carbocycles. The third-order valence-electron chi connectivity index (χ3n) is 4.46. The molecule has 0 unspecified atom stereocenters. The van der Waals surface area contributed by atoms with Crippen LogP contribution in [0.25, 0.3) is 28.0 Å². The van der Waals surface area contributed by atoms with Crippen molar-refractivity contribution in [3.63, 3.8) is 0 Å². The first-order valence-electron chi connectivity index (χ1n) is 8.78. The van der Waals surface area contributed by atoms with Crippen LogP contribution in [0.2, 0.25) is 0 Å². The van der Waals surface area contributed by atoms with Gasteiger partial charge in [-0.1, -0.05) is 30.3 Å². The Morgan fingerprint density at radius 1 is 1.07 bits per heavy atom. The SMILES string of the molecule is COc1cc2c(cc1NC(=O)/C=C\c1cccc([N+](=O)[O-])c1)oc1ccccc12. The molecule has 0 aliphatic rings. The van der Waals surface area contributed by atoms with Crippen LogP contribution in [0.15, 0.2) is 71.2 Å². The van der Waals surface area contributed by atoms with E-state index in [-0.39, 0.29) is 5.69 Å². The fourth-order valence-corrected chi connectivity index (χ4v) is 3.11. The zero-order valence-corrected chi connectivity index (χ0v) is 15.4. The van der Waals surface area contributed by atoms with Crippen molar-refractivity contribution in [2.45, 2.75) is 0 Å². The van der Waals surface area contributed by atoms with Crippen molar-refractivity contribution in [1.82, 2.24) is 0 Å². The molecule has 4 rings (SSSR count). The van der Waals surface area contributed by atoms with Crippen LogP contribution in [0.5, 0.6) is 5.75 Å². The predicted molar refractivity (Wildman–Crippen MR) is 111 cm³/mol. The van der Waals surface area contributed by atoms with Gasteiger partial charge in [-0.3, -0.25) is 14.9 Å². The van der Waals surface area contributed by atoms with E-state index in [1.807, 2.05) is 30.3 Å². The van der Waals surface area contributed by atoms with Crippen LogP contribution in [0.3, 0.4) is 0 Å². The molecule has 0 saturated heterocycles. The molecule has 0 aliphatic heterocycles. The predicted octanol–water partition coefficient (Wildman–Crippen LogP) is 5.15. The lowest BCUT2D eigenvalue weighted by Gasteiger charge is -2.09. The van der Waals surface area contributed by atoms with Crippen molar-refractivity contribution in [2.24, 2.45) is 0 Å². The number of carbonyl (C=O) groups is 1. The fourth-order valence-electron chi connectivity index (χ4n) is 3.11. The number of para-hydroxylation sites is 1. The zero-order valence-electron chi connectivity index (χ0n) is 15.4. The Hall–Kier alpha value is -4.13. The van der Waals surface area contributed by atoms with Gasteiger partial charge >= 0.3 is 0 Å². The summed E-state index contributed by atoms with van der Waals surface area (Å²) < 4.78 is 11.3. The number of hydrogen-bond donors (Lipinski definition) is 1. The van der Waals surface area contributed by atoms with Gasteiger partial charge in [-0.25, -0.2) is 0 Å². The van der Waals surface area contributed by atoms with Crippen LogP contribution in [0.4, 0.5) is 11.4 Å². The molecule has 0 radical (unpaired) electrons. The molecule has 4 aromatic rings. The van der Waals surface area contributed by atoms with Crippen LogP contribution in [0, 0.1) is 10.1 Å². The first-order chi connectivity index (χ1) is 14.0. The zero-order chi connectivity index (χ0) is 20.4. The summed E-state index contributed by atoms with van der Waals surface area (Å²) in [5.41, 5.74) is 2.36. The number of furan rings is 1.